The van der Waals surface area contributed by atoms with Gasteiger partial charge in [-0.3, -0.25) is 0 Å². The molecule has 0 spiro atoms. The number of piperidine rings is 1. The third-order valence-corrected chi connectivity index (χ3v) is 6.89. The van der Waals surface area contributed by atoms with Gasteiger partial charge >= 0.3 is 0 Å². The van der Waals surface area contributed by atoms with Crippen LogP contribution in [0.15, 0.2) is 27.6 Å². The van der Waals surface area contributed by atoms with Crippen LogP contribution in [0.3, 0.4) is 0 Å². The third kappa shape index (κ3) is 3.67. The van der Waals surface area contributed by atoms with Crippen LogP contribution in [0.2, 0.25) is 5.02 Å². The van der Waals surface area contributed by atoms with Gasteiger partial charge in [-0.15, -0.1) is 12.4 Å². The van der Waals surface area contributed by atoms with Gasteiger partial charge < -0.3 is 5.32 Å². The van der Waals surface area contributed by atoms with Gasteiger partial charge in [0.2, 0.25) is 10.0 Å². The summed E-state index contributed by atoms with van der Waals surface area (Å²) in [5.41, 5.74) is 0. The zero-order chi connectivity index (χ0) is 14.0. The molecule has 2 rings (SSSR count). The lowest BCUT2D eigenvalue weighted by Crippen LogP contribution is -2.46. The van der Waals surface area contributed by atoms with Gasteiger partial charge in [0.25, 0.3) is 0 Å². The van der Waals surface area contributed by atoms with Gasteiger partial charge in [-0.2, -0.15) is 4.31 Å². The standard InChI is InChI=1S/C12H16BrClN2O2S.ClH/c1-15-9-4-3-7-16(8-9)19(17,18)11-6-2-5-10(14)12(11)13;/h2,5-6,9,15H,3-4,7-8H2,1H3;1H. The largest absolute Gasteiger partial charge is 0.316 e. The topological polar surface area (TPSA) is 49.4 Å². The number of rotatable bonds is 3. The molecule has 8 heteroatoms. The van der Waals surface area contributed by atoms with Crippen LogP contribution in [0, 0.1) is 0 Å². The van der Waals surface area contributed by atoms with Crippen LogP contribution >= 0.6 is 39.9 Å². The highest BCUT2D eigenvalue weighted by Crippen LogP contribution is 2.32. The number of hydrogen-bond donors (Lipinski definition) is 1. The summed E-state index contributed by atoms with van der Waals surface area (Å²) >= 11 is 9.23. The highest BCUT2D eigenvalue weighted by molar-refractivity contribution is 9.10. The zero-order valence-electron chi connectivity index (χ0n) is 11.0. The lowest BCUT2D eigenvalue weighted by molar-refractivity contribution is 0.292. The molecule has 1 saturated heterocycles. The van der Waals surface area contributed by atoms with Crippen molar-refractivity contribution in [3.63, 3.8) is 0 Å². The second-order valence-electron chi connectivity index (χ2n) is 4.54. The van der Waals surface area contributed by atoms with Crippen molar-refractivity contribution in [1.82, 2.24) is 9.62 Å². The Morgan fingerprint density at radius 1 is 1.45 bits per heavy atom. The lowest BCUT2D eigenvalue weighted by Gasteiger charge is -2.32. The Balaban J connectivity index is 0.00000200. The summed E-state index contributed by atoms with van der Waals surface area (Å²) in [6, 6.07) is 5.10. The Morgan fingerprint density at radius 2 is 2.15 bits per heavy atom. The molecule has 1 fully saturated rings. The van der Waals surface area contributed by atoms with Crippen molar-refractivity contribution in [1.29, 1.82) is 0 Å². The maximum atomic E-state index is 12.6. The van der Waals surface area contributed by atoms with Gasteiger partial charge in [-0.25, -0.2) is 8.42 Å². The van der Waals surface area contributed by atoms with Crippen LogP contribution < -0.4 is 5.32 Å². The first kappa shape index (κ1) is 18.2. The molecule has 0 aromatic heterocycles. The first-order valence-electron chi connectivity index (χ1n) is 6.08. The Kier molecular flexibility index (Phi) is 6.76. The molecule has 20 heavy (non-hydrogen) atoms. The summed E-state index contributed by atoms with van der Waals surface area (Å²) in [6.07, 6.45) is 1.86. The summed E-state index contributed by atoms with van der Waals surface area (Å²) in [6.45, 7) is 1.05. The number of likely N-dealkylation sites (N-methyl/N-ethyl adjacent to an activating group) is 1. The molecule has 1 atom stereocenters. The summed E-state index contributed by atoms with van der Waals surface area (Å²) in [4.78, 5) is 0.233. The van der Waals surface area contributed by atoms with Crippen molar-refractivity contribution in [3.05, 3.63) is 27.7 Å². The van der Waals surface area contributed by atoms with E-state index in [0.717, 1.165) is 12.8 Å². The minimum Gasteiger partial charge on any atom is -0.316 e. The molecule has 0 radical (unpaired) electrons. The van der Waals surface area contributed by atoms with E-state index in [0.29, 0.717) is 22.6 Å². The highest BCUT2D eigenvalue weighted by atomic mass is 79.9. The van der Waals surface area contributed by atoms with Gasteiger partial charge in [0.15, 0.2) is 0 Å². The fourth-order valence-electron chi connectivity index (χ4n) is 2.22. The van der Waals surface area contributed by atoms with Crippen molar-refractivity contribution in [2.75, 3.05) is 20.1 Å². The second-order valence-corrected chi connectivity index (χ2v) is 7.65. The Hall–Kier alpha value is 0.150. The molecule has 0 aliphatic carbocycles. The molecule has 0 saturated carbocycles. The molecule has 1 N–H and O–H groups in total. The maximum Gasteiger partial charge on any atom is 0.244 e. The van der Waals surface area contributed by atoms with E-state index in [1.165, 1.54) is 4.31 Å². The van der Waals surface area contributed by atoms with Crippen molar-refractivity contribution in [2.24, 2.45) is 0 Å². The van der Waals surface area contributed by atoms with E-state index >= 15 is 0 Å². The van der Waals surface area contributed by atoms with E-state index in [1.807, 2.05) is 7.05 Å². The SMILES string of the molecule is CNC1CCCN(S(=O)(=O)c2cccc(Cl)c2Br)C1.Cl. The van der Waals surface area contributed by atoms with Gasteiger partial charge in [0.1, 0.15) is 0 Å². The average molecular weight is 404 g/mol. The van der Waals surface area contributed by atoms with Gasteiger partial charge in [0, 0.05) is 19.1 Å². The molecule has 1 heterocycles. The van der Waals surface area contributed by atoms with Crippen LogP contribution in [0.5, 0.6) is 0 Å². The van der Waals surface area contributed by atoms with Crippen LogP contribution in [0.25, 0.3) is 0 Å². The van der Waals surface area contributed by atoms with Crippen LogP contribution in [0.1, 0.15) is 12.8 Å². The minimum absolute atomic E-state index is 0. The molecule has 0 amide bonds. The van der Waals surface area contributed by atoms with E-state index in [1.54, 1.807) is 18.2 Å². The second kappa shape index (κ2) is 7.42. The van der Waals surface area contributed by atoms with E-state index < -0.39 is 10.0 Å². The van der Waals surface area contributed by atoms with Crippen molar-refractivity contribution < 1.29 is 8.42 Å². The van der Waals surface area contributed by atoms with Crippen LogP contribution in [-0.2, 0) is 10.0 Å². The van der Waals surface area contributed by atoms with E-state index in [2.05, 4.69) is 21.2 Å². The third-order valence-electron chi connectivity index (χ3n) is 3.33. The van der Waals surface area contributed by atoms with E-state index in [4.69, 9.17) is 11.6 Å². The fourth-order valence-corrected chi connectivity index (χ4v) is 4.94. The Bertz CT molecular complexity index is 569. The van der Waals surface area contributed by atoms with Gasteiger partial charge in [-0.1, -0.05) is 17.7 Å². The van der Waals surface area contributed by atoms with Gasteiger partial charge in [0.05, 0.1) is 14.4 Å². The molecule has 114 valence electrons. The predicted molar refractivity (Wildman–Crippen MR) is 87.2 cm³/mol. The molecule has 1 aliphatic heterocycles. The monoisotopic (exact) mass is 402 g/mol. The number of nitrogens with zero attached hydrogens (tertiary/aromatic N) is 1. The van der Waals surface area contributed by atoms with Crippen molar-refractivity contribution >= 4 is 50.0 Å². The molecular formula is C12H17BrCl2N2O2S. The normalized spacial score (nSPS) is 20.4. The summed E-state index contributed by atoms with van der Waals surface area (Å²) < 4.78 is 27.2. The molecule has 1 aliphatic rings. The summed E-state index contributed by atoms with van der Waals surface area (Å²) in [7, 11) is -1.64. The quantitative estimate of drug-likeness (QED) is 0.843. The smallest absolute Gasteiger partial charge is 0.244 e. The molecule has 1 unspecified atom stereocenters. The van der Waals surface area contributed by atoms with E-state index in [-0.39, 0.29) is 23.3 Å². The van der Waals surface area contributed by atoms with Gasteiger partial charge in [-0.05, 0) is 48.0 Å². The molecule has 4 nitrogen and oxygen atoms in total. The predicted octanol–water partition coefficient (Wildman–Crippen LogP) is 2.90. The summed E-state index contributed by atoms with van der Waals surface area (Å²) in [5.74, 6) is 0. The number of benzene rings is 1. The average Bonchev–Trinajstić information content (AvgIpc) is 2.41. The lowest BCUT2D eigenvalue weighted by atomic mass is 10.1. The molecule has 1 aromatic carbocycles. The molecule has 0 bridgehead atoms. The van der Waals surface area contributed by atoms with Crippen LogP contribution in [-0.4, -0.2) is 38.9 Å². The first-order chi connectivity index (χ1) is 8.96. The number of hydrogen-bond acceptors (Lipinski definition) is 3. The summed E-state index contributed by atoms with van der Waals surface area (Å²) in [5, 5.41) is 3.55. The van der Waals surface area contributed by atoms with Crippen molar-refractivity contribution in [2.45, 2.75) is 23.8 Å². The first-order valence-corrected chi connectivity index (χ1v) is 8.69. The highest BCUT2D eigenvalue weighted by Gasteiger charge is 2.31. The molecular weight excluding hydrogens is 387 g/mol. The maximum absolute atomic E-state index is 12.6. The Labute approximate surface area is 139 Å². The van der Waals surface area contributed by atoms with Crippen LogP contribution in [0.4, 0.5) is 0 Å². The number of sulfonamides is 1. The fraction of sp³-hybridized carbons (Fsp3) is 0.500. The number of halogens is 3. The van der Waals surface area contributed by atoms with Crippen molar-refractivity contribution in [3.8, 4) is 0 Å². The molecule has 1 aromatic rings. The van der Waals surface area contributed by atoms with E-state index in [9.17, 15) is 8.42 Å². The zero-order valence-corrected chi connectivity index (χ0v) is 14.9. The number of nitrogens with one attached hydrogen (secondary N) is 1. The minimum atomic E-state index is -3.50. The Morgan fingerprint density at radius 3 is 2.80 bits per heavy atom.